The van der Waals surface area contributed by atoms with Crippen molar-refractivity contribution in [3.63, 3.8) is 0 Å². The van der Waals surface area contributed by atoms with Gasteiger partial charge in [0.25, 0.3) is 5.91 Å². The third-order valence-corrected chi connectivity index (χ3v) is 2.88. The van der Waals surface area contributed by atoms with Gasteiger partial charge < -0.3 is 4.74 Å². The Kier molecular flexibility index (Phi) is 4.15. The number of carbonyl (C=O) groups excluding carboxylic acids is 1. The molecule has 2 aromatic carbocycles. The topological polar surface area (TPSA) is 64.3 Å². The van der Waals surface area contributed by atoms with Crippen molar-refractivity contribution in [3.8, 4) is 5.75 Å². The second-order valence-corrected chi connectivity index (χ2v) is 4.22. The number of carbonyl (C=O) groups is 1. The molecular formula is C15H16N2O2. The van der Waals surface area contributed by atoms with E-state index in [4.69, 9.17) is 10.6 Å². The quantitative estimate of drug-likeness (QED) is 0.500. The van der Waals surface area contributed by atoms with Crippen molar-refractivity contribution in [2.24, 2.45) is 5.84 Å². The molecule has 2 rings (SSSR count). The molecule has 1 amide bonds. The Balaban J connectivity index is 2.08. The molecule has 0 spiro atoms. The lowest BCUT2D eigenvalue weighted by atomic mass is 10.1. The molecule has 0 saturated carbocycles. The van der Waals surface area contributed by atoms with E-state index in [2.05, 4.69) is 5.43 Å². The third kappa shape index (κ3) is 3.33. The summed E-state index contributed by atoms with van der Waals surface area (Å²) in [6, 6.07) is 14.9. The van der Waals surface area contributed by atoms with Crippen LogP contribution in [0, 0.1) is 6.92 Å². The molecule has 0 unspecified atom stereocenters. The van der Waals surface area contributed by atoms with E-state index in [-0.39, 0.29) is 5.91 Å². The molecule has 2 aromatic rings. The predicted octanol–water partition coefficient (Wildman–Crippen LogP) is 2.18. The smallest absolute Gasteiger partial charge is 0.265 e. The lowest BCUT2D eigenvalue weighted by molar-refractivity contribution is 0.0953. The average Bonchev–Trinajstić information content (AvgIpc) is 2.46. The van der Waals surface area contributed by atoms with Crippen molar-refractivity contribution >= 4 is 5.91 Å². The molecule has 4 heteroatoms. The molecule has 0 atom stereocenters. The molecule has 19 heavy (non-hydrogen) atoms. The summed E-state index contributed by atoms with van der Waals surface area (Å²) >= 11 is 0. The number of rotatable bonds is 4. The molecule has 0 heterocycles. The first-order valence-corrected chi connectivity index (χ1v) is 5.99. The number of amides is 1. The first-order valence-electron chi connectivity index (χ1n) is 5.99. The van der Waals surface area contributed by atoms with E-state index in [1.165, 1.54) is 5.56 Å². The fraction of sp³-hybridized carbons (Fsp3) is 0.133. The van der Waals surface area contributed by atoms with Gasteiger partial charge in [-0.25, -0.2) is 5.84 Å². The largest absolute Gasteiger partial charge is 0.489 e. The van der Waals surface area contributed by atoms with Gasteiger partial charge in [-0.3, -0.25) is 10.2 Å². The molecule has 0 aliphatic carbocycles. The lowest BCUT2D eigenvalue weighted by Gasteiger charge is -2.09. The molecule has 0 aliphatic rings. The Bertz CT molecular complexity index is 582. The van der Waals surface area contributed by atoms with Crippen LogP contribution in [-0.4, -0.2) is 5.91 Å². The number of hydrazine groups is 1. The maximum atomic E-state index is 11.4. The molecule has 0 saturated heterocycles. The average molecular weight is 256 g/mol. The minimum absolute atomic E-state index is 0.332. The highest BCUT2D eigenvalue weighted by Gasteiger charge is 2.05. The Morgan fingerprint density at radius 1 is 1.21 bits per heavy atom. The van der Waals surface area contributed by atoms with Crippen LogP contribution in [0.25, 0.3) is 0 Å². The summed E-state index contributed by atoms with van der Waals surface area (Å²) in [7, 11) is 0. The summed E-state index contributed by atoms with van der Waals surface area (Å²) < 4.78 is 5.69. The SMILES string of the molecule is Cc1ccccc1COc1cccc(C(=O)NN)c1. The van der Waals surface area contributed by atoms with Crippen molar-refractivity contribution in [1.29, 1.82) is 0 Å². The normalized spacial score (nSPS) is 10.0. The minimum Gasteiger partial charge on any atom is -0.489 e. The highest BCUT2D eigenvalue weighted by Crippen LogP contribution is 2.16. The van der Waals surface area contributed by atoms with Crippen LogP contribution in [0.4, 0.5) is 0 Å². The van der Waals surface area contributed by atoms with Gasteiger partial charge in [-0.1, -0.05) is 30.3 Å². The monoisotopic (exact) mass is 256 g/mol. The molecule has 0 aliphatic heterocycles. The molecule has 0 bridgehead atoms. The fourth-order valence-corrected chi connectivity index (χ4v) is 1.74. The Hall–Kier alpha value is -2.33. The fourth-order valence-electron chi connectivity index (χ4n) is 1.74. The molecule has 0 radical (unpaired) electrons. The summed E-state index contributed by atoms with van der Waals surface area (Å²) in [4.78, 5) is 11.4. The second kappa shape index (κ2) is 6.02. The molecule has 0 aromatic heterocycles. The van der Waals surface area contributed by atoms with Gasteiger partial charge in [-0.05, 0) is 36.2 Å². The maximum Gasteiger partial charge on any atom is 0.265 e. The standard InChI is InChI=1S/C15H16N2O2/c1-11-5-2-3-6-13(11)10-19-14-8-4-7-12(9-14)15(18)17-16/h2-9H,10,16H2,1H3,(H,17,18). The van der Waals surface area contributed by atoms with Gasteiger partial charge in [0, 0.05) is 5.56 Å². The third-order valence-electron chi connectivity index (χ3n) is 2.88. The maximum absolute atomic E-state index is 11.4. The number of hydrogen-bond donors (Lipinski definition) is 2. The Morgan fingerprint density at radius 2 is 2.00 bits per heavy atom. The molecule has 98 valence electrons. The van der Waals surface area contributed by atoms with E-state index < -0.39 is 0 Å². The van der Waals surface area contributed by atoms with Crippen molar-refractivity contribution in [1.82, 2.24) is 5.43 Å². The first-order chi connectivity index (χ1) is 9.20. The molecular weight excluding hydrogens is 240 g/mol. The summed E-state index contributed by atoms with van der Waals surface area (Å²) in [5.41, 5.74) is 4.87. The van der Waals surface area contributed by atoms with Crippen molar-refractivity contribution in [3.05, 3.63) is 65.2 Å². The van der Waals surface area contributed by atoms with Crippen LogP contribution < -0.4 is 16.0 Å². The highest BCUT2D eigenvalue weighted by atomic mass is 16.5. The van der Waals surface area contributed by atoms with E-state index in [0.717, 1.165) is 5.56 Å². The molecule has 4 nitrogen and oxygen atoms in total. The van der Waals surface area contributed by atoms with Crippen molar-refractivity contribution in [2.75, 3.05) is 0 Å². The van der Waals surface area contributed by atoms with Gasteiger partial charge in [0.05, 0.1) is 0 Å². The van der Waals surface area contributed by atoms with Gasteiger partial charge in [0.2, 0.25) is 0 Å². The van der Waals surface area contributed by atoms with Crippen LogP contribution in [-0.2, 0) is 6.61 Å². The van der Waals surface area contributed by atoms with Crippen molar-refractivity contribution in [2.45, 2.75) is 13.5 Å². The molecule has 3 N–H and O–H groups in total. The summed E-state index contributed by atoms with van der Waals surface area (Å²) in [6.07, 6.45) is 0. The Labute approximate surface area is 112 Å². The van der Waals surface area contributed by atoms with Gasteiger partial charge in [0.15, 0.2) is 0 Å². The van der Waals surface area contributed by atoms with E-state index in [1.54, 1.807) is 18.2 Å². The summed E-state index contributed by atoms with van der Waals surface area (Å²) in [5.74, 6) is 5.41. The van der Waals surface area contributed by atoms with Crippen molar-refractivity contribution < 1.29 is 9.53 Å². The highest BCUT2D eigenvalue weighted by molar-refractivity contribution is 5.94. The zero-order chi connectivity index (χ0) is 13.7. The predicted molar refractivity (Wildman–Crippen MR) is 73.6 cm³/mol. The van der Waals surface area contributed by atoms with Gasteiger partial charge in [0.1, 0.15) is 12.4 Å². The van der Waals surface area contributed by atoms with Crippen LogP contribution in [0.5, 0.6) is 5.75 Å². The summed E-state index contributed by atoms with van der Waals surface area (Å²) in [5, 5.41) is 0. The second-order valence-electron chi connectivity index (χ2n) is 4.22. The zero-order valence-electron chi connectivity index (χ0n) is 10.7. The zero-order valence-corrected chi connectivity index (χ0v) is 10.7. The van der Waals surface area contributed by atoms with E-state index in [1.807, 2.05) is 37.3 Å². The van der Waals surface area contributed by atoms with Gasteiger partial charge in [-0.15, -0.1) is 0 Å². The number of aryl methyl sites for hydroxylation is 1. The van der Waals surface area contributed by atoms with Gasteiger partial charge in [-0.2, -0.15) is 0 Å². The summed E-state index contributed by atoms with van der Waals surface area (Å²) in [6.45, 7) is 2.51. The number of hydrogen-bond acceptors (Lipinski definition) is 3. The van der Waals surface area contributed by atoms with Crippen LogP contribution in [0.2, 0.25) is 0 Å². The minimum atomic E-state index is -0.332. The van der Waals surface area contributed by atoms with Crippen LogP contribution in [0.15, 0.2) is 48.5 Å². The Morgan fingerprint density at radius 3 is 2.74 bits per heavy atom. The van der Waals surface area contributed by atoms with Crippen LogP contribution >= 0.6 is 0 Å². The van der Waals surface area contributed by atoms with E-state index >= 15 is 0 Å². The number of ether oxygens (including phenoxy) is 1. The van der Waals surface area contributed by atoms with E-state index in [0.29, 0.717) is 17.9 Å². The number of nitrogen functional groups attached to an aromatic ring is 1. The number of nitrogens with two attached hydrogens (primary N) is 1. The molecule has 0 fully saturated rings. The van der Waals surface area contributed by atoms with Gasteiger partial charge >= 0.3 is 0 Å². The number of nitrogens with one attached hydrogen (secondary N) is 1. The lowest BCUT2D eigenvalue weighted by Crippen LogP contribution is -2.29. The number of benzene rings is 2. The van der Waals surface area contributed by atoms with Crippen LogP contribution in [0.1, 0.15) is 21.5 Å². The first kappa shape index (κ1) is 13.1. The van der Waals surface area contributed by atoms with Crippen LogP contribution in [0.3, 0.4) is 0 Å². The van der Waals surface area contributed by atoms with E-state index in [9.17, 15) is 4.79 Å².